The van der Waals surface area contributed by atoms with E-state index in [-0.39, 0.29) is 17.1 Å². The van der Waals surface area contributed by atoms with E-state index in [2.05, 4.69) is 4.98 Å². The van der Waals surface area contributed by atoms with Gasteiger partial charge in [-0.2, -0.15) is 0 Å². The number of hydrogen-bond acceptors (Lipinski definition) is 4. The van der Waals surface area contributed by atoms with Crippen LogP contribution in [0.15, 0.2) is 48.5 Å². The van der Waals surface area contributed by atoms with Crippen molar-refractivity contribution in [3.63, 3.8) is 0 Å². The second-order valence-electron chi connectivity index (χ2n) is 3.85. The summed E-state index contributed by atoms with van der Waals surface area (Å²) in [6, 6.07) is 3.73. The maximum atomic E-state index is 11.2. The van der Waals surface area contributed by atoms with Crippen molar-refractivity contribution in [2.24, 2.45) is 0 Å². The predicted octanol–water partition coefficient (Wildman–Crippen LogP) is 2.14. The molecular formula is C14H16N2O2. The molecule has 0 aliphatic rings. The Morgan fingerprint density at radius 2 is 1.72 bits per heavy atom. The van der Waals surface area contributed by atoms with Crippen molar-refractivity contribution in [2.75, 3.05) is 11.9 Å². The lowest BCUT2D eigenvalue weighted by molar-refractivity contribution is -0.119. The van der Waals surface area contributed by atoms with E-state index in [9.17, 15) is 9.59 Å². The largest absolute Gasteiger partial charge is 0.351 e. The molecule has 0 spiro atoms. The van der Waals surface area contributed by atoms with Gasteiger partial charge >= 0.3 is 0 Å². The van der Waals surface area contributed by atoms with E-state index in [1.54, 1.807) is 24.7 Å². The minimum Gasteiger partial charge on any atom is -0.351 e. The highest BCUT2D eigenvalue weighted by atomic mass is 16.1. The molecular weight excluding hydrogens is 228 g/mol. The van der Waals surface area contributed by atoms with Crippen LogP contribution in [0.2, 0.25) is 0 Å². The van der Waals surface area contributed by atoms with Crippen LogP contribution in [0.5, 0.6) is 0 Å². The Balaban J connectivity index is 2.78. The van der Waals surface area contributed by atoms with Gasteiger partial charge in [0.2, 0.25) is 0 Å². The number of aromatic nitrogens is 1. The molecule has 0 aliphatic heterocycles. The maximum Gasteiger partial charge on any atom is 0.163 e. The minimum absolute atomic E-state index is 0.203. The fourth-order valence-electron chi connectivity index (χ4n) is 1.42. The van der Waals surface area contributed by atoms with Crippen molar-refractivity contribution in [1.82, 2.24) is 4.98 Å². The Morgan fingerprint density at radius 3 is 2.22 bits per heavy atom. The zero-order valence-electron chi connectivity index (χ0n) is 10.8. The fourth-order valence-corrected chi connectivity index (χ4v) is 1.42. The highest BCUT2D eigenvalue weighted by molar-refractivity contribution is 6.18. The van der Waals surface area contributed by atoms with Crippen molar-refractivity contribution in [3.05, 3.63) is 48.5 Å². The molecule has 0 aromatic carbocycles. The van der Waals surface area contributed by atoms with Crippen LogP contribution >= 0.6 is 0 Å². The molecule has 0 unspecified atom stereocenters. The lowest BCUT2D eigenvalue weighted by atomic mass is 10.1. The topological polar surface area (TPSA) is 50.3 Å². The van der Waals surface area contributed by atoms with E-state index >= 15 is 0 Å². The average molecular weight is 244 g/mol. The molecule has 0 radical (unpaired) electrons. The van der Waals surface area contributed by atoms with Crippen LogP contribution in [0.4, 0.5) is 5.69 Å². The molecule has 4 heteroatoms. The first-order valence-corrected chi connectivity index (χ1v) is 5.55. The van der Waals surface area contributed by atoms with Gasteiger partial charge in [-0.25, -0.2) is 0 Å². The molecule has 1 aromatic rings. The zero-order valence-corrected chi connectivity index (χ0v) is 10.8. The first kappa shape index (κ1) is 13.8. The highest BCUT2D eigenvalue weighted by Crippen LogP contribution is 2.10. The van der Waals surface area contributed by atoms with E-state index in [0.717, 1.165) is 5.69 Å². The van der Waals surface area contributed by atoms with E-state index in [4.69, 9.17) is 0 Å². The van der Waals surface area contributed by atoms with Gasteiger partial charge in [-0.05, 0) is 38.1 Å². The average Bonchev–Trinajstić information content (AvgIpc) is 2.34. The van der Waals surface area contributed by atoms with Crippen molar-refractivity contribution < 1.29 is 9.59 Å². The zero-order chi connectivity index (χ0) is 13.5. The number of pyridine rings is 1. The third-order valence-electron chi connectivity index (χ3n) is 2.40. The summed E-state index contributed by atoms with van der Waals surface area (Å²) in [6.45, 7) is 2.77. The second-order valence-corrected chi connectivity index (χ2v) is 3.85. The van der Waals surface area contributed by atoms with Gasteiger partial charge in [0, 0.05) is 31.3 Å². The standard InChI is InChI=1S/C14H16N2O2/c1-11(17)14(12(2)18)5-4-10-16(3)13-6-8-15-9-7-13/h4-10H,1-3H3. The summed E-state index contributed by atoms with van der Waals surface area (Å²) >= 11 is 0. The Labute approximate surface area is 107 Å². The molecule has 0 N–H and O–H groups in total. The molecule has 0 atom stereocenters. The van der Waals surface area contributed by atoms with Crippen LogP contribution in [-0.4, -0.2) is 23.6 Å². The SMILES string of the molecule is CC(=O)C(=CC=CN(C)c1ccncc1)C(C)=O. The third-order valence-corrected chi connectivity index (χ3v) is 2.40. The quantitative estimate of drug-likeness (QED) is 0.344. The number of carbonyl (C=O) groups is 2. The molecule has 4 nitrogen and oxygen atoms in total. The van der Waals surface area contributed by atoms with Crippen LogP contribution in [0.1, 0.15) is 13.8 Å². The normalized spacial score (nSPS) is 10.2. The fraction of sp³-hybridized carbons (Fsp3) is 0.214. The van der Waals surface area contributed by atoms with Crippen molar-refractivity contribution in [1.29, 1.82) is 0 Å². The molecule has 0 amide bonds. The van der Waals surface area contributed by atoms with Crippen LogP contribution in [0.3, 0.4) is 0 Å². The number of ketones is 2. The highest BCUT2D eigenvalue weighted by Gasteiger charge is 2.07. The summed E-state index contributed by atoms with van der Waals surface area (Å²) in [6.07, 6.45) is 8.39. The van der Waals surface area contributed by atoms with Crippen molar-refractivity contribution in [3.8, 4) is 0 Å². The molecule has 0 saturated carbocycles. The Kier molecular flexibility index (Phi) is 4.99. The van der Waals surface area contributed by atoms with Crippen LogP contribution in [-0.2, 0) is 9.59 Å². The van der Waals surface area contributed by atoms with E-state index < -0.39 is 0 Å². The summed E-state index contributed by atoms with van der Waals surface area (Å²) in [5.74, 6) is -0.447. The van der Waals surface area contributed by atoms with Crippen LogP contribution in [0.25, 0.3) is 0 Å². The minimum atomic E-state index is -0.223. The molecule has 18 heavy (non-hydrogen) atoms. The van der Waals surface area contributed by atoms with Gasteiger partial charge in [0.1, 0.15) is 0 Å². The first-order chi connectivity index (χ1) is 8.52. The molecule has 1 heterocycles. The monoisotopic (exact) mass is 244 g/mol. The Morgan fingerprint density at radius 1 is 1.17 bits per heavy atom. The number of rotatable bonds is 5. The Bertz CT molecular complexity index is 474. The molecule has 1 aromatic heterocycles. The van der Waals surface area contributed by atoms with E-state index in [1.807, 2.05) is 24.1 Å². The maximum absolute atomic E-state index is 11.2. The first-order valence-electron chi connectivity index (χ1n) is 5.55. The molecule has 0 fully saturated rings. The van der Waals surface area contributed by atoms with Crippen molar-refractivity contribution >= 4 is 17.3 Å². The predicted molar refractivity (Wildman–Crippen MR) is 71.2 cm³/mol. The summed E-state index contributed by atoms with van der Waals surface area (Å²) in [4.78, 5) is 28.2. The van der Waals surface area contributed by atoms with Crippen LogP contribution < -0.4 is 4.90 Å². The van der Waals surface area contributed by atoms with Gasteiger partial charge in [-0.1, -0.05) is 0 Å². The van der Waals surface area contributed by atoms with Gasteiger partial charge in [0.05, 0.1) is 5.57 Å². The summed E-state index contributed by atoms with van der Waals surface area (Å²) < 4.78 is 0. The number of nitrogens with zero attached hydrogens (tertiary/aromatic N) is 2. The number of anilines is 1. The van der Waals surface area contributed by atoms with Gasteiger partial charge in [0.15, 0.2) is 11.6 Å². The summed E-state index contributed by atoms with van der Waals surface area (Å²) in [5.41, 5.74) is 1.18. The molecule has 0 bridgehead atoms. The molecule has 0 saturated heterocycles. The second kappa shape index (κ2) is 6.49. The number of carbonyl (C=O) groups excluding carboxylic acids is 2. The lowest BCUT2D eigenvalue weighted by Gasteiger charge is -2.12. The summed E-state index contributed by atoms with van der Waals surface area (Å²) in [7, 11) is 1.88. The third kappa shape index (κ3) is 3.97. The van der Waals surface area contributed by atoms with Gasteiger partial charge in [-0.15, -0.1) is 0 Å². The van der Waals surface area contributed by atoms with Crippen molar-refractivity contribution in [2.45, 2.75) is 13.8 Å². The number of Topliss-reactive ketones (excluding diaryl/α,β-unsaturated/α-hetero) is 2. The van der Waals surface area contributed by atoms with Gasteiger partial charge < -0.3 is 4.90 Å². The van der Waals surface area contributed by atoms with E-state index in [1.165, 1.54) is 19.9 Å². The lowest BCUT2D eigenvalue weighted by Crippen LogP contribution is -2.08. The van der Waals surface area contributed by atoms with Gasteiger partial charge in [0.25, 0.3) is 0 Å². The molecule has 94 valence electrons. The smallest absolute Gasteiger partial charge is 0.163 e. The number of allylic oxidation sites excluding steroid dienone is 3. The Hall–Kier alpha value is -2.23. The molecule has 1 rings (SSSR count). The van der Waals surface area contributed by atoms with Gasteiger partial charge in [-0.3, -0.25) is 14.6 Å². The van der Waals surface area contributed by atoms with E-state index in [0.29, 0.717) is 0 Å². The number of hydrogen-bond donors (Lipinski definition) is 0. The van der Waals surface area contributed by atoms with Crippen LogP contribution in [0, 0.1) is 0 Å². The molecule has 0 aliphatic carbocycles. The summed E-state index contributed by atoms with van der Waals surface area (Å²) in [5, 5.41) is 0.